The number of carbonyl (C=O) groups is 5. The number of alkyl halides is 2. The molecule has 59 heavy (non-hydrogen) atoms. The number of aromatic nitrogens is 1. The maximum absolute atomic E-state index is 14.8. The summed E-state index contributed by atoms with van der Waals surface area (Å²) in [6.45, 7) is -1.65. The number of sulfonamides is 1. The van der Waals surface area contributed by atoms with Crippen molar-refractivity contribution >= 4 is 79.2 Å². The molecule has 1 aromatic heterocycles. The summed E-state index contributed by atoms with van der Waals surface area (Å²) < 4.78 is 86.8. The van der Waals surface area contributed by atoms with E-state index in [0.29, 0.717) is 5.39 Å². The van der Waals surface area contributed by atoms with Gasteiger partial charge in [-0.25, -0.2) is 26.0 Å². The highest BCUT2D eigenvalue weighted by molar-refractivity contribution is 7.92. The van der Waals surface area contributed by atoms with Gasteiger partial charge in [0.2, 0.25) is 33.7 Å². The van der Waals surface area contributed by atoms with Crippen LogP contribution in [-0.2, 0) is 48.8 Å². The maximum atomic E-state index is 14.8. The fourth-order valence-electron chi connectivity index (χ4n) is 7.29. The summed E-state index contributed by atoms with van der Waals surface area (Å²) in [7, 11) is -4.26. The van der Waals surface area contributed by atoms with Crippen LogP contribution >= 0.6 is 23.2 Å². The van der Waals surface area contributed by atoms with E-state index in [9.17, 15) is 50.0 Å². The van der Waals surface area contributed by atoms with Gasteiger partial charge in [-0.15, -0.1) is 0 Å². The maximum Gasteiger partial charge on any atom is 0.244 e. The third-order valence-corrected chi connectivity index (χ3v) is 12.0. The van der Waals surface area contributed by atoms with Gasteiger partial charge in [0.1, 0.15) is 49.2 Å². The number of halogens is 6. The molecule has 0 aliphatic carbocycles. The average Bonchev–Trinajstić information content (AvgIpc) is 3.88. The second-order valence-electron chi connectivity index (χ2n) is 14.3. The highest BCUT2D eigenvalue weighted by atomic mass is 35.5. The minimum absolute atomic E-state index is 0.0525. The number of hydrogen-bond donors (Lipinski definition) is 2. The predicted molar refractivity (Wildman–Crippen MR) is 211 cm³/mol. The Labute approximate surface area is 346 Å². The van der Waals surface area contributed by atoms with Crippen LogP contribution in [0.25, 0.3) is 10.9 Å². The number of fused-ring (bicyclic) bond motifs is 1. The van der Waals surface area contributed by atoms with Crippen LogP contribution in [0.5, 0.6) is 0 Å². The van der Waals surface area contributed by atoms with E-state index in [4.69, 9.17) is 23.2 Å². The normalized spacial score (nSPS) is 19.3. The number of nitrogens with one attached hydrogen (secondary N) is 2. The minimum atomic E-state index is -4.26. The van der Waals surface area contributed by atoms with Crippen molar-refractivity contribution in [2.45, 2.75) is 63.8 Å². The molecular weight excluding hydrogens is 843 g/mol. The van der Waals surface area contributed by atoms with Gasteiger partial charge in [0, 0.05) is 54.2 Å². The lowest BCUT2D eigenvalue weighted by molar-refractivity contribution is -0.139. The van der Waals surface area contributed by atoms with Crippen molar-refractivity contribution in [3.05, 3.63) is 99.2 Å². The molecule has 3 aromatic carbocycles. The molecule has 314 valence electrons. The number of hydrogen-bond acceptors (Lipinski definition) is 7. The van der Waals surface area contributed by atoms with E-state index >= 15 is 0 Å². The lowest BCUT2D eigenvalue weighted by atomic mass is 10.1. The molecule has 2 aliphatic heterocycles. The number of benzene rings is 3. The Bertz CT molecular complexity index is 2450. The Morgan fingerprint density at radius 3 is 1.80 bits per heavy atom. The molecule has 0 unspecified atom stereocenters. The Morgan fingerprint density at radius 2 is 1.31 bits per heavy atom. The molecule has 2 fully saturated rings. The SMILES string of the molecule is CC(=O)c1cn(CC(=O)N2C[C@H](F)C[C@H]2C(=O)NCc2cccc(Cl)c2F)c2cc(N(CC(=O)N3C[C@H](F)C[C@H]3C(=O)NCc3cccc(Cl)c3F)S(C)(=O)=O)ccc12. The molecule has 0 saturated carbocycles. The molecule has 2 N–H and O–H groups in total. The van der Waals surface area contributed by atoms with Crippen LogP contribution in [0, 0.1) is 11.6 Å². The fourth-order valence-corrected chi connectivity index (χ4v) is 8.51. The first-order chi connectivity index (χ1) is 27.8. The van der Waals surface area contributed by atoms with Crippen molar-refractivity contribution in [2.75, 3.05) is 30.2 Å². The lowest BCUT2D eigenvalue weighted by Gasteiger charge is -2.28. The van der Waals surface area contributed by atoms with E-state index in [0.717, 1.165) is 20.4 Å². The summed E-state index contributed by atoms with van der Waals surface area (Å²) in [4.78, 5) is 68.4. The Balaban J connectivity index is 1.22. The van der Waals surface area contributed by atoms with Crippen LogP contribution in [0.15, 0.2) is 60.8 Å². The van der Waals surface area contributed by atoms with E-state index in [1.807, 2.05) is 0 Å². The van der Waals surface area contributed by atoms with Gasteiger partial charge in [-0.1, -0.05) is 53.5 Å². The minimum Gasteiger partial charge on any atom is -0.350 e. The third-order valence-electron chi connectivity index (χ3n) is 10.2. The monoisotopic (exact) mass is 880 g/mol. The van der Waals surface area contributed by atoms with Gasteiger partial charge in [0.15, 0.2) is 5.78 Å². The van der Waals surface area contributed by atoms with E-state index in [-0.39, 0.29) is 63.9 Å². The topological polar surface area (TPSA) is 158 Å². The molecule has 4 aromatic rings. The first-order valence-corrected chi connectivity index (χ1v) is 20.8. The molecule has 13 nitrogen and oxygen atoms in total. The van der Waals surface area contributed by atoms with E-state index in [2.05, 4.69) is 10.6 Å². The van der Waals surface area contributed by atoms with Gasteiger partial charge >= 0.3 is 0 Å². The van der Waals surface area contributed by atoms with E-state index in [1.54, 1.807) is 0 Å². The van der Waals surface area contributed by atoms with E-state index in [1.165, 1.54) is 72.3 Å². The third kappa shape index (κ3) is 9.49. The van der Waals surface area contributed by atoms with Gasteiger partial charge in [0.25, 0.3) is 0 Å². The van der Waals surface area contributed by atoms with Crippen LogP contribution in [0.4, 0.5) is 23.2 Å². The van der Waals surface area contributed by atoms with Crippen molar-refractivity contribution < 1.29 is 50.0 Å². The molecule has 2 saturated heterocycles. The standard InChI is InChI=1S/C39H38Cl2F4N6O7S/c1-21(52)28-18-48(19-34(53)49-16-24(42)11-32(49)38(55)46-14-22-5-3-7-29(40)36(22)44)31-13-26(9-10-27(28)31)51(59(2,57)58)20-35(54)50-17-25(43)12-33(50)39(56)47-15-23-6-4-8-30(41)37(23)45/h3-10,13,18,24-25,32-33H,11-12,14-17,19-20H2,1-2H3,(H,46,55)(H,47,56)/t24-,25-,32+,33+/m1/s1. The summed E-state index contributed by atoms with van der Waals surface area (Å²) in [5.41, 5.74) is 0.373. The summed E-state index contributed by atoms with van der Waals surface area (Å²) in [5, 5.41) is 4.98. The van der Waals surface area contributed by atoms with Gasteiger partial charge in [-0.05, 0) is 31.2 Å². The van der Waals surface area contributed by atoms with Crippen molar-refractivity contribution in [2.24, 2.45) is 0 Å². The average molecular weight is 882 g/mol. The Kier molecular flexibility index (Phi) is 12.9. The number of rotatable bonds is 13. The molecule has 6 rings (SSSR count). The number of amides is 4. The van der Waals surface area contributed by atoms with Crippen molar-refractivity contribution in [1.82, 2.24) is 25.0 Å². The van der Waals surface area contributed by atoms with Crippen molar-refractivity contribution in [1.29, 1.82) is 0 Å². The number of nitrogens with zero attached hydrogens (tertiary/aromatic N) is 4. The number of anilines is 1. The molecule has 0 radical (unpaired) electrons. The number of ketones is 1. The van der Waals surface area contributed by atoms with Crippen LogP contribution in [0.2, 0.25) is 10.0 Å². The van der Waals surface area contributed by atoms with Crippen LogP contribution in [-0.4, -0.2) is 103 Å². The smallest absolute Gasteiger partial charge is 0.244 e. The number of likely N-dealkylation sites (tertiary alicyclic amines) is 2. The first kappa shape index (κ1) is 43.4. The summed E-state index contributed by atoms with van der Waals surface area (Å²) in [5.74, 6) is -5.07. The number of carbonyl (C=O) groups excluding carboxylic acids is 5. The molecule has 0 bridgehead atoms. The zero-order valence-electron chi connectivity index (χ0n) is 31.6. The van der Waals surface area contributed by atoms with Gasteiger partial charge < -0.3 is 25.0 Å². The predicted octanol–water partition coefficient (Wildman–Crippen LogP) is 4.71. The molecule has 4 atom stereocenters. The molecule has 3 heterocycles. The highest BCUT2D eigenvalue weighted by Crippen LogP contribution is 2.31. The molecule has 20 heteroatoms. The first-order valence-electron chi connectivity index (χ1n) is 18.2. The number of Topliss-reactive ketones (excluding diaryl/α,β-unsaturated/α-hetero) is 1. The van der Waals surface area contributed by atoms with Crippen molar-refractivity contribution in [3.63, 3.8) is 0 Å². The second-order valence-corrected chi connectivity index (χ2v) is 17.1. The summed E-state index contributed by atoms with van der Waals surface area (Å²) in [6.07, 6.45) is -1.71. The van der Waals surface area contributed by atoms with Gasteiger partial charge in [-0.2, -0.15) is 0 Å². The zero-order chi connectivity index (χ0) is 42.9. The summed E-state index contributed by atoms with van der Waals surface area (Å²) >= 11 is 11.7. The van der Waals surface area contributed by atoms with Crippen LogP contribution < -0.4 is 14.9 Å². The van der Waals surface area contributed by atoms with Crippen LogP contribution in [0.3, 0.4) is 0 Å². The lowest BCUT2D eigenvalue weighted by Crippen LogP contribution is -2.49. The van der Waals surface area contributed by atoms with Crippen molar-refractivity contribution in [3.8, 4) is 0 Å². The van der Waals surface area contributed by atoms with Gasteiger partial charge in [-0.3, -0.25) is 28.3 Å². The van der Waals surface area contributed by atoms with Gasteiger partial charge in [0.05, 0.1) is 40.6 Å². The molecule has 2 aliphatic rings. The largest absolute Gasteiger partial charge is 0.350 e. The summed E-state index contributed by atoms with van der Waals surface area (Å²) in [6, 6.07) is 9.89. The Morgan fingerprint density at radius 1 is 0.797 bits per heavy atom. The Hall–Kier alpha value is -5.20. The molecule has 4 amide bonds. The zero-order valence-corrected chi connectivity index (χ0v) is 33.9. The van der Waals surface area contributed by atoms with Crippen LogP contribution in [0.1, 0.15) is 41.3 Å². The highest BCUT2D eigenvalue weighted by Gasteiger charge is 2.42. The molecular formula is C39H38Cl2F4N6O7S. The molecule has 0 spiro atoms. The van der Waals surface area contributed by atoms with E-state index < -0.39 is 102 Å². The quantitative estimate of drug-likeness (QED) is 0.146. The second kappa shape index (κ2) is 17.6. The fraction of sp³-hybridized carbons (Fsp3) is 0.359.